The Morgan fingerprint density at radius 1 is 0.960 bits per heavy atom. The zero-order valence-corrected chi connectivity index (χ0v) is 14.5. The maximum Gasteiger partial charge on any atom is 0.165 e. The highest BCUT2D eigenvalue weighted by Crippen LogP contribution is 2.28. The average molecular weight is 344 g/mol. The van der Waals surface area contributed by atoms with Crippen LogP contribution >= 0.6 is 0 Å². The monoisotopic (exact) mass is 344 g/mol. The van der Waals surface area contributed by atoms with Crippen molar-refractivity contribution in [3.63, 3.8) is 0 Å². The fourth-order valence-corrected chi connectivity index (χ4v) is 3.94. The molecule has 0 radical (unpaired) electrons. The van der Waals surface area contributed by atoms with Gasteiger partial charge in [-0.2, -0.15) is 0 Å². The first-order valence-electron chi connectivity index (χ1n) is 9.29. The highest BCUT2D eigenvalue weighted by atomic mass is 19.1. The topological polar surface area (TPSA) is 50.1 Å². The van der Waals surface area contributed by atoms with Gasteiger partial charge in [0.15, 0.2) is 5.82 Å². The minimum atomic E-state index is -0.183. The van der Waals surface area contributed by atoms with Gasteiger partial charge in [-0.1, -0.05) is 19.3 Å². The van der Waals surface area contributed by atoms with Gasteiger partial charge in [-0.05, 0) is 47.5 Å². The van der Waals surface area contributed by atoms with E-state index < -0.39 is 0 Å². The largest absolute Gasteiger partial charge is 0.369 e. The lowest BCUT2D eigenvalue weighted by Gasteiger charge is -2.36. The maximum absolute atomic E-state index is 13.1. The lowest BCUT2D eigenvalue weighted by Crippen LogP contribution is -2.46. The molecule has 7 heteroatoms. The molecule has 0 N–H and O–H groups in total. The lowest BCUT2D eigenvalue weighted by atomic mass is 9.95. The molecule has 0 bridgehead atoms. The average Bonchev–Trinajstić information content (AvgIpc) is 3.12. The van der Waals surface area contributed by atoms with E-state index in [1.54, 1.807) is 0 Å². The summed E-state index contributed by atoms with van der Waals surface area (Å²) in [6.07, 6.45) is 6.27. The smallest absolute Gasteiger partial charge is 0.165 e. The Balaban J connectivity index is 1.34. The SMILES string of the molecule is Fc1ccc(N2CCN(Cc3nnnn3C3CCCCC3)CC2)cc1. The second-order valence-electron chi connectivity index (χ2n) is 7.07. The van der Waals surface area contributed by atoms with Crippen LogP contribution in [0.5, 0.6) is 0 Å². The molecular formula is C18H25FN6. The van der Waals surface area contributed by atoms with Crippen molar-refractivity contribution in [1.82, 2.24) is 25.1 Å². The van der Waals surface area contributed by atoms with E-state index in [9.17, 15) is 4.39 Å². The van der Waals surface area contributed by atoms with E-state index in [4.69, 9.17) is 0 Å². The standard InChI is InChI=1S/C18H25FN6/c19-15-6-8-16(9-7-15)24-12-10-23(11-13-24)14-18-20-21-22-25(18)17-4-2-1-3-5-17/h6-9,17H,1-5,10-14H2. The van der Waals surface area contributed by atoms with Crippen LogP contribution in [0.4, 0.5) is 10.1 Å². The molecular weight excluding hydrogens is 319 g/mol. The van der Waals surface area contributed by atoms with Crippen LogP contribution in [0.2, 0.25) is 0 Å². The Morgan fingerprint density at radius 3 is 2.40 bits per heavy atom. The van der Waals surface area contributed by atoms with Crippen LogP contribution in [0.15, 0.2) is 24.3 Å². The Bertz CT molecular complexity index is 671. The van der Waals surface area contributed by atoms with Crippen molar-refractivity contribution in [3.05, 3.63) is 35.9 Å². The first-order chi connectivity index (χ1) is 12.3. The third-order valence-corrected chi connectivity index (χ3v) is 5.41. The van der Waals surface area contributed by atoms with Gasteiger partial charge in [0.1, 0.15) is 5.82 Å². The summed E-state index contributed by atoms with van der Waals surface area (Å²) in [5.74, 6) is 0.805. The Hall–Kier alpha value is -2.02. The fraction of sp³-hybridized carbons (Fsp3) is 0.611. The van der Waals surface area contributed by atoms with E-state index in [1.165, 1.54) is 44.2 Å². The molecule has 0 amide bonds. The zero-order chi connectivity index (χ0) is 17.1. The lowest BCUT2D eigenvalue weighted by molar-refractivity contribution is 0.229. The summed E-state index contributed by atoms with van der Waals surface area (Å²) in [6.45, 7) is 4.62. The molecule has 0 unspecified atom stereocenters. The Labute approximate surface area is 147 Å². The molecule has 2 aromatic rings. The molecule has 1 saturated heterocycles. The summed E-state index contributed by atoms with van der Waals surface area (Å²) in [6, 6.07) is 7.24. The fourth-order valence-electron chi connectivity index (χ4n) is 3.94. The number of tetrazole rings is 1. The first kappa shape index (κ1) is 16.4. The van der Waals surface area contributed by atoms with Crippen molar-refractivity contribution in [2.45, 2.75) is 44.7 Å². The number of hydrogen-bond acceptors (Lipinski definition) is 5. The predicted molar refractivity (Wildman–Crippen MR) is 93.8 cm³/mol. The van der Waals surface area contributed by atoms with Gasteiger partial charge in [-0.3, -0.25) is 4.90 Å². The molecule has 134 valence electrons. The van der Waals surface area contributed by atoms with Gasteiger partial charge in [0.05, 0.1) is 12.6 Å². The van der Waals surface area contributed by atoms with Gasteiger partial charge < -0.3 is 4.90 Å². The Kier molecular flexibility index (Phi) is 4.92. The summed E-state index contributed by atoms with van der Waals surface area (Å²) < 4.78 is 15.1. The van der Waals surface area contributed by atoms with E-state index in [0.29, 0.717) is 6.04 Å². The van der Waals surface area contributed by atoms with Crippen molar-refractivity contribution in [3.8, 4) is 0 Å². The van der Waals surface area contributed by atoms with Crippen molar-refractivity contribution < 1.29 is 4.39 Å². The highest BCUT2D eigenvalue weighted by Gasteiger charge is 2.23. The van der Waals surface area contributed by atoms with Gasteiger partial charge in [0.25, 0.3) is 0 Å². The molecule has 6 nitrogen and oxygen atoms in total. The number of hydrogen-bond donors (Lipinski definition) is 0. The molecule has 2 fully saturated rings. The van der Waals surface area contributed by atoms with Crippen LogP contribution in [0.25, 0.3) is 0 Å². The molecule has 1 aromatic heterocycles. The van der Waals surface area contributed by atoms with E-state index in [1.807, 2.05) is 12.1 Å². The molecule has 1 aliphatic carbocycles. The van der Waals surface area contributed by atoms with Gasteiger partial charge in [-0.25, -0.2) is 9.07 Å². The molecule has 4 rings (SSSR count). The second-order valence-corrected chi connectivity index (χ2v) is 7.07. The summed E-state index contributed by atoms with van der Waals surface area (Å²) in [4.78, 5) is 4.71. The van der Waals surface area contributed by atoms with Crippen LogP contribution in [-0.2, 0) is 6.54 Å². The van der Waals surface area contributed by atoms with Crippen LogP contribution in [0.1, 0.15) is 44.0 Å². The molecule has 2 aliphatic rings. The number of rotatable bonds is 4. The van der Waals surface area contributed by atoms with Gasteiger partial charge in [0.2, 0.25) is 0 Å². The van der Waals surface area contributed by atoms with Crippen LogP contribution in [-0.4, -0.2) is 51.3 Å². The van der Waals surface area contributed by atoms with E-state index in [0.717, 1.165) is 44.2 Å². The second kappa shape index (κ2) is 7.47. The Morgan fingerprint density at radius 2 is 1.68 bits per heavy atom. The van der Waals surface area contributed by atoms with Crippen LogP contribution in [0, 0.1) is 5.82 Å². The minimum absolute atomic E-state index is 0.183. The van der Waals surface area contributed by atoms with Crippen LogP contribution in [0.3, 0.4) is 0 Å². The number of piperazine rings is 1. The predicted octanol–water partition coefficient (Wildman–Crippen LogP) is 2.64. The summed E-state index contributed by atoms with van der Waals surface area (Å²) in [7, 11) is 0. The van der Waals surface area contributed by atoms with E-state index in [2.05, 4.69) is 30.0 Å². The third kappa shape index (κ3) is 3.81. The molecule has 1 aliphatic heterocycles. The first-order valence-corrected chi connectivity index (χ1v) is 9.29. The van der Waals surface area contributed by atoms with E-state index in [-0.39, 0.29) is 5.82 Å². The molecule has 1 aromatic carbocycles. The molecule has 0 atom stereocenters. The minimum Gasteiger partial charge on any atom is -0.369 e. The van der Waals surface area contributed by atoms with Crippen LogP contribution < -0.4 is 4.90 Å². The number of nitrogens with zero attached hydrogens (tertiary/aromatic N) is 6. The summed E-state index contributed by atoms with van der Waals surface area (Å²) in [5.41, 5.74) is 1.09. The van der Waals surface area contributed by atoms with Crippen molar-refractivity contribution in [2.24, 2.45) is 0 Å². The quantitative estimate of drug-likeness (QED) is 0.853. The third-order valence-electron chi connectivity index (χ3n) is 5.41. The van der Waals surface area contributed by atoms with Gasteiger partial charge in [0, 0.05) is 31.9 Å². The van der Waals surface area contributed by atoms with E-state index >= 15 is 0 Å². The molecule has 1 saturated carbocycles. The number of benzene rings is 1. The highest BCUT2D eigenvalue weighted by molar-refractivity contribution is 5.46. The normalized spacial score (nSPS) is 20.1. The zero-order valence-electron chi connectivity index (χ0n) is 14.5. The van der Waals surface area contributed by atoms with Gasteiger partial charge in [-0.15, -0.1) is 5.10 Å². The molecule has 2 heterocycles. The number of halogens is 1. The number of aromatic nitrogens is 4. The summed E-state index contributed by atoms with van der Waals surface area (Å²) in [5, 5.41) is 12.5. The number of anilines is 1. The molecule has 25 heavy (non-hydrogen) atoms. The molecule has 0 spiro atoms. The summed E-state index contributed by atoms with van der Waals surface area (Å²) >= 11 is 0. The van der Waals surface area contributed by atoms with Gasteiger partial charge >= 0.3 is 0 Å². The van der Waals surface area contributed by atoms with Crippen molar-refractivity contribution in [2.75, 3.05) is 31.1 Å². The van der Waals surface area contributed by atoms with Crippen molar-refractivity contribution in [1.29, 1.82) is 0 Å². The van der Waals surface area contributed by atoms with Crippen molar-refractivity contribution >= 4 is 5.69 Å². The maximum atomic E-state index is 13.1.